The van der Waals surface area contributed by atoms with Crippen molar-refractivity contribution < 1.29 is 5.21 Å². The molecule has 0 amide bonds. The van der Waals surface area contributed by atoms with Crippen LogP contribution in [0.5, 0.6) is 0 Å². The van der Waals surface area contributed by atoms with Crippen molar-refractivity contribution in [1.82, 2.24) is 9.55 Å². The van der Waals surface area contributed by atoms with Gasteiger partial charge >= 0.3 is 5.69 Å². The van der Waals surface area contributed by atoms with Crippen LogP contribution in [-0.2, 0) is 0 Å². The minimum Gasteiger partial charge on any atom is -0.409 e. The lowest BCUT2D eigenvalue weighted by Gasteiger charge is -2.07. The number of aromatic nitrogens is 2. The number of oxime groups is 1. The average molecular weight is 392 g/mol. The summed E-state index contributed by atoms with van der Waals surface area (Å²) in [5.74, 6) is -0.00386. The quantitative estimate of drug-likeness (QED) is 0.254. The molecule has 0 saturated heterocycles. The number of nitrogens with zero attached hydrogens (tertiary/aromatic N) is 2. The molecule has 2 aromatic rings. The van der Waals surface area contributed by atoms with E-state index in [0.29, 0.717) is 14.2 Å². The van der Waals surface area contributed by atoms with Gasteiger partial charge in [-0.05, 0) is 46.9 Å². The van der Waals surface area contributed by atoms with Gasteiger partial charge in [0.25, 0.3) is 5.56 Å². The maximum absolute atomic E-state index is 11.7. The zero-order valence-electron chi connectivity index (χ0n) is 9.30. The minimum absolute atomic E-state index is 0.00386. The van der Waals surface area contributed by atoms with Gasteiger partial charge in [-0.15, -0.1) is 0 Å². The van der Waals surface area contributed by atoms with Crippen LogP contribution >= 0.6 is 34.2 Å². The summed E-state index contributed by atoms with van der Waals surface area (Å²) in [6, 6.07) is 6.40. The molecule has 0 atom stereocenters. The summed E-state index contributed by atoms with van der Waals surface area (Å²) < 4.78 is 1.35. The largest absolute Gasteiger partial charge is 0.409 e. The fraction of sp³-hybridized carbons (Fsp3) is 0. The lowest BCUT2D eigenvalue weighted by atomic mass is 10.2. The van der Waals surface area contributed by atoms with Crippen LogP contribution in [0.1, 0.15) is 5.56 Å². The monoisotopic (exact) mass is 391 g/mol. The van der Waals surface area contributed by atoms with Gasteiger partial charge in [0.15, 0.2) is 5.84 Å². The molecule has 2 rings (SSSR count). The van der Waals surface area contributed by atoms with E-state index < -0.39 is 11.2 Å². The van der Waals surface area contributed by atoms with Gasteiger partial charge in [-0.25, -0.2) is 9.36 Å². The van der Waals surface area contributed by atoms with E-state index in [4.69, 9.17) is 16.8 Å². The Hall–Kier alpha value is -1.61. The number of hydrogen-bond donors (Lipinski definition) is 2. The zero-order valence-corrected chi connectivity index (χ0v) is 12.2. The Morgan fingerprint density at radius 1 is 1.32 bits per heavy atom. The number of hydrogen-bond acceptors (Lipinski definition) is 4. The molecule has 0 bridgehead atoms. The highest BCUT2D eigenvalue weighted by atomic mass is 127. The Labute approximate surface area is 125 Å². The van der Waals surface area contributed by atoms with Gasteiger partial charge in [0.2, 0.25) is 0 Å². The Morgan fingerprint density at radius 2 is 1.95 bits per heavy atom. The second-order valence-corrected chi connectivity index (χ2v) is 5.14. The second-order valence-electron chi connectivity index (χ2n) is 3.54. The Morgan fingerprint density at radius 3 is 2.53 bits per heavy atom. The first kappa shape index (κ1) is 13.8. The SMILES string of the molecule is O=c1[nH]c(=O)n(/C(=N/O)c2ccc(Cl)cc2)cc1I. The molecule has 0 aliphatic rings. The summed E-state index contributed by atoms with van der Waals surface area (Å²) in [5.41, 5.74) is -0.694. The van der Waals surface area contributed by atoms with E-state index in [9.17, 15) is 9.59 Å². The van der Waals surface area contributed by atoms with Crippen LogP contribution in [0.15, 0.2) is 45.2 Å². The highest BCUT2D eigenvalue weighted by Gasteiger charge is 2.11. The number of halogens is 2. The third-order valence-electron chi connectivity index (χ3n) is 2.32. The zero-order chi connectivity index (χ0) is 14.0. The van der Waals surface area contributed by atoms with Crippen LogP contribution in [0.4, 0.5) is 0 Å². The number of nitrogens with one attached hydrogen (secondary N) is 1. The van der Waals surface area contributed by atoms with Crippen LogP contribution in [0.2, 0.25) is 5.02 Å². The molecule has 1 aromatic carbocycles. The van der Waals surface area contributed by atoms with Crippen LogP contribution in [0, 0.1) is 3.57 Å². The predicted molar refractivity (Wildman–Crippen MR) is 79.2 cm³/mol. The van der Waals surface area contributed by atoms with Crippen molar-refractivity contribution in [3.05, 3.63) is 65.5 Å². The molecule has 2 N–H and O–H groups in total. The van der Waals surface area contributed by atoms with E-state index in [1.807, 2.05) is 0 Å². The summed E-state index contributed by atoms with van der Waals surface area (Å²) in [7, 11) is 0. The van der Waals surface area contributed by atoms with Crippen molar-refractivity contribution in [2.75, 3.05) is 0 Å². The third kappa shape index (κ3) is 2.87. The minimum atomic E-state index is -0.687. The number of aromatic amines is 1. The van der Waals surface area contributed by atoms with Crippen molar-refractivity contribution in [3.8, 4) is 0 Å². The molecule has 19 heavy (non-hydrogen) atoms. The Balaban J connectivity index is 2.61. The highest BCUT2D eigenvalue weighted by Crippen LogP contribution is 2.11. The molecule has 1 aromatic heterocycles. The number of rotatable bonds is 1. The molecule has 6 nitrogen and oxygen atoms in total. The van der Waals surface area contributed by atoms with Crippen molar-refractivity contribution in [3.63, 3.8) is 0 Å². The highest BCUT2D eigenvalue weighted by molar-refractivity contribution is 14.1. The molecule has 1 heterocycles. The first-order valence-electron chi connectivity index (χ1n) is 5.03. The van der Waals surface area contributed by atoms with Gasteiger partial charge in [-0.1, -0.05) is 16.8 Å². The summed E-state index contributed by atoms with van der Waals surface area (Å²) in [6.07, 6.45) is 1.30. The van der Waals surface area contributed by atoms with Gasteiger partial charge in [0.1, 0.15) is 0 Å². The summed E-state index contributed by atoms with van der Waals surface area (Å²) in [4.78, 5) is 25.1. The van der Waals surface area contributed by atoms with Gasteiger partial charge in [-0.3, -0.25) is 9.78 Å². The molecule has 0 spiro atoms. The van der Waals surface area contributed by atoms with Gasteiger partial charge in [0, 0.05) is 16.8 Å². The summed E-state index contributed by atoms with van der Waals surface area (Å²) in [5, 5.41) is 12.7. The number of benzene rings is 1. The maximum Gasteiger partial charge on any atom is 0.334 e. The van der Waals surface area contributed by atoms with Crippen LogP contribution in [-0.4, -0.2) is 20.6 Å². The predicted octanol–water partition coefficient (Wildman–Crippen LogP) is 1.48. The normalized spacial score (nSPS) is 11.6. The van der Waals surface area contributed by atoms with Crippen LogP contribution in [0.3, 0.4) is 0 Å². The first-order valence-corrected chi connectivity index (χ1v) is 6.48. The van der Waals surface area contributed by atoms with E-state index in [1.54, 1.807) is 46.9 Å². The smallest absolute Gasteiger partial charge is 0.334 e. The fourth-order valence-electron chi connectivity index (χ4n) is 1.45. The lowest BCUT2D eigenvalue weighted by molar-refractivity contribution is 0.317. The third-order valence-corrected chi connectivity index (χ3v) is 3.34. The average Bonchev–Trinajstić information content (AvgIpc) is 2.38. The molecular weight excluding hydrogens is 384 g/mol. The summed E-state index contributed by atoms with van der Waals surface area (Å²) in [6.45, 7) is 0. The van der Waals surface area contributed by atoms with Crippen LogP contribution in [0.25, 0.3) is 0 Å². The van der Waals surface area contributed by atoms with Crippen molar-refractivity contribution in [2.45, 2.75) is 0 Å². The maximum atomic E-state index is 11.7. The fourth-order valence-corrected chi connectivity index (χ4v) is 1.99. The first-order chi connectivity index (χ1) is 9.02. The van der Waals surface area contributed by atoms with E-state index in [1.165, 1.54) is 6.20 Å². The number of H-pyrrole nitrogens is 1. The van der Waals surface area contributed by atoms with E-state index >= 15 is 0 Å². The van der Waals surface area contributed by atoms with Gasteiger partial charge < -0.3 is 5.21 Å². The molecule has 0 unspecified atom stereocenters. The molecule has 0 fully saturated rings. The van der Waals surface area contributed by atoms with E-state index in [0.717, 1.165) is 4.57 Å². The lowest BCUT2D eigenvalue weighted by Crippen LogP contribution is -2.35. The van der Waals surface area contributed by atoms with Gasteiger partial charge in [0.05, 0.1) is 3.57 Å². The molecule has 0 radical (unpaired) electrons. The second kappa shape index (κ2) is 5.57. The molecule has 8 heteroatoms. The van der Waals surface area contributed by atoms with E-state index in [2.05, 4.69) is 10.1 Å². The van der Waals surface area contributed by atoms with Crippen LogP contribution < -0.4 is 11.2 Å². The Bertz CT molecular complexity index is 749. The van der Waals surface area contributed by atoms with E-state index in [-0.39, 0.29) is 5.84 Å². The van der Waals surface area contributed by atoms with Crippen molar-refractivity contribution >= 4 is 40.0 Å². The van der Waals surface area contributed by atoms with Gasteiger partial charge in [-0.2, -0.15) is 0 Å². The van der Waals surface area contributed by atoms with Crippen molar-refractivity contribution in [1.29, 1.82) is 0 Å². The topological polar surface area (TPSA) is 87.5 Å². The molecule has 98 valence electrons. The molecule has 0 saturated carbocycles. The molecular formula is C11H7ClIN3O3. The standard InChI is InChI=1S/C11H7ClIN3O3/c12-7-3-1-6(2-4-7)9(15-19)16-5-8(13)10(17)14-11(16)18/h1-5,19H,(H,14,17,18)/b15-9+. The van der Waals surface area contributed by atoms with Crippen molar-refractivity contribution in [2.24, 2.45) is 5.16 Å². The Kier molecular flexibility index (Phi) is 4.05. The molecule has 0 aliphatic carbocycles. The summed E-state index contributed by atoms with van der Waals surface area (Å²) >= 11 is 7.54. The molecule has 0 aliphatic heterocycles.